The summed E-state index contributed by atoms with van der Waals surface area (Å²) >= 11 is 0. The van der Waals surface area contributed by atoms with Crippen LogP contribution in [0.5, 0.6) is 0 Å². The summed E-state index contributed by atoms with van der Waals surface area (Å²) in [5.41, 5.74) is 7.32. The second-order valence-electron chi connectivity index (χ2n) is 4.77. The van der Waals surface area contributed by atoms with Crippen LogP contribution in [0.15, 0.2) is 19.1 Å². The molecule has 20 heavy (non-hydrogen) atoms. The Hall–Kier alpha value is -1.96. The minimum Gasteiger partial charge on any atom is -0.394 e. The zero-order valence-corrected chi connectivity index (χ0v) is 10.8. The molecule has 2 unspecified atom stereocenters. The van der Waals surface area contributed by atoms with E-state index in [1.54, 1.807) is 10.6 Å². The van der Waals surface area contributed by atoms with Crippen LogP contribution in [0.2, 0.25) is 0 Å². The lowest BCUT2D eigenvalue weighted by Gasteiger charge is -2.14. The van der Waals surface area contributed by atoms with Gasteiger partial charge in [-0.05, 0) is 0 Å². The highest BCUT2D eigenvalue weighted by Gasteiger charge is 2.35. The number of nitrogens with two attached hydrogens (primary N) is 1. The van der Waals surface area contributed by atoms with Gasteiger partial charge in [0.2, 0.25) is 0 Å². The third-order valence-corrected chi connectivity index (χ3v) is 3.58. The minimum atomic E-state index is -0.700. The van der Waals surface area contributed by atoms with Crippen molar-refractivity contribution in [3.05, 3.63) is 24.7 Å². The van der Waals surface area contributed by atoms with Crippen molar-refractivity contribution in [2.45, 2.75) is 24.9 Å². The number of anilines is 1. The van der Waals surface area contributed by atoms with Crippen molar-refractivity contribution >= 4 is 22.9 Å². The predicted octanol–water partition coefficient (Wildman–Crippen LogP) is 0.297. The van der Waals surface area contributed by atoms with E-state index in [0.29, 0.717) is 23.3 Å². The molecule has 3 heterocycles. The van der Waals surface area contributed by atoms with Crippen LogP contribution >= 0.6 is 0 Å². The van der Waals surface area contributed by atoms with E-state index >= 15 is 0 Å². The van der Waals surface area contributed by atoms with Crippen LogP contribution in [0.4, 0.5) is 5.82 Å². The van der Waals surface area contributed by atoms with E-state index in [9.17, 15) is 5.11 Å². The third-order valence-electron chi connectivity index (χ3n) is 3.58. The Balaban J connectivity index is 2.09. The summed E-state index contributed by atoms with van der Waals surface area (Å²) < 4.78 is 7.44. The molecule has 0 bridgehead atoms. The smallest absolute Gasteiger partial charge is 0.148 e. The number of nitrogen functional groups attached to an aromatic ring is 1. The van der Waals surface area contributed by atoms with Gasteiger partial charge >= 0.3 is 0 Å². The molecule has 1 fully saturated rings. The van der Waals surface area contributed by atoms with E-state index in [2.05, 4.69) is 16.5 Å². The summed E-state index contributed by atoms with van der Waals surface area (Å²) in [5, 5.41) is 19.7. The van der Waals surface area contributed by atoms with Crippen LogP contribution in [0.1, 0.15) is 18.2 Å². The molecule has 0 amide bonds. The maximum atomic E-state index is 9.84. The van der Waals surface area contributed by atoms with Crippen molar-refractivity contribution in [3.8, 4) is 0 Å². The van der Waals surface area contributed by atoms with Crippen molar-refractivity contribution in [2.75, 3.05) is 12.3 Å². The monoisotopic (exact) mass is 276 g/mol. The fourth-order valence-corrected chi connectivity index (χ4v) is 2.56. The van der Waals surface area contributed by atoms with Gasteiger partial charge < -0.3 is 25.3 Å². The summed E-state index contributed by atoms with van der Waals surface area (Å²) in [6, 6.07) is 0. The van der Waals surface area contributed by atoms with Crippen molar-refractivity contribution in [1.82, 2.24) is 14.5 Å². The van der Waals surface area contributed by atoms with E-state index in [1.165, 1.54) is 6.33 Å². The lowest BCUT2D eigenvalue weighted by atomic mass is 10.2. The largest absolute Gasteiger partial charge is 0.394 e. The molecular weight excluding hydrogens is 260 g/mol. The lowest BCUT2D eigenvalue weighted by molar-refractivity contribution is -0.0430. The molecule has 4 N–H and O–H groups in total. The summed E-state index contributed by atoms with van der Waals surface area (Å²) in [5.74, 6) is 0.376. The number of rotatable bonds is 3. The van der Waals surface area contributed by atoms with Crippen molar-refractivity contribution < 1.29 is 14.9 Å². The van der Waals surface area contributed by atoms with Gasteiger partial charge in [0, 0.05) is 18.2 Å². The molecule has 2 aromatic rings. The molecule has 0 aliphatic carbocycles. The van der Waals surface area contributed by atoms with Gasteiger partial charge in [-0.25, -0.2) is 9.97 Å². The SMILES string of the molecule is C=Cc1cn(C2CC(O)[C@@H](CO)O2)c2ncnc(N)c12. The summed E-state index contributed by atoms with van der Waals surface area (Å²) in [4.78, 5) is 8.21. The normalized spacial score (nSPS) is 26.2. The molecular formula is C13H16N4O3. The first kappa shape index (κ1) is 13.0. The number of aliphatic hydroxyl groups is 2. The topological polar surface area (TPSA) is 106 Å². The number of nitrogens with zero attached hydrogens (tertiary/aromatic N) is 3. The Kier molecular flexibility index (Phi) is 3.17. The number of ether oxygens (including phenoxy) is 1. The Labute approximate surface area is 115 Å². The second-order valence-corrected chi connectivity index (χ2v) is 4.77. The van der Waals surface area contributed by atoms with Gasteiger partial charge in [-0.15, -0.1) is 0 Å². The molecule has 0 radical (unpaired) electrons. The van der Waals surface area contributed by atoms with Gasteiger partial charge in [0.05, 0.1) is 18.1 Å². The summed E-state index contributed by atoms with van der Waals surface area (Å²) in [6.45, 7) is 3.53. The van der Waals surface area contributed by atoms with Gasteiger partial charge in [0.25, 0.3) is 0 Å². The number of hydrogen-bond donors (Lipinski definition) is 3. The number of hydrogen-bond acceptors (Lipinski definition) is 6. The highest BCUT2D eigenvalue weighted by Crippen LogP contribution is 2.34. The number of aliphatic hydroxyl groups excluding tert-OH is 2. The molecule has 0 aromatic carbocycles. The van der Waals surface area contributed by atoms with Crippen molar-refractivity contribution in [1.29, 1.82) is 0 Å². The van der Waals surface area contributed by atoms with Crippen LogP contribution in [0.25, 0.3) is 17.1 Å². The van der Waals surface area contributed by atoms with E-state index in [-0.39, 0.29) is 6.61 Å². The quantitative estimate of drug-likeness (QED) is 0.744. The molecule has 1 aliphatic rings. The molecule has 2 aromatic heterocycles. The highest BCUT2D eigenvalue weighted by atomic mass is 16.5. The maximum absolute atomic E-state index is 9.84. The van der Waals surface area contributed by atoms with E-state index in [1.807, 2.05) is 6.20 Å². The van der Waals surface area contributed by atoms with Crippen LogP contribution in [-0.2, 0) is 4.74 Å². The fourth-order valence-electron chi connectivity index (χ4n) is 2.56. The molecule has 3 atom stereocenters. The standard InChI is InChI=1S/C13H16N4O3/c1-2-7-4-17(10-3-8(19)9(5-18)20-10)13-11(7)12(14)15-6-16-13/h2,4,6,8-10,18-19H,1,3,5H2,(H2,14,15,16)/t8?,9-,10?/m1/s1. The lowest BCUT2D eigenvalue weighted by Crippen LogP contribution is -2.24. The van der Waals surface area contributed by atoms with Crippen LogP contribution < -0.4 is 5.73 Å². The molecule has 7 nitrogen and oxygen atoms in total. The molecule has 1 aliphatic heterocycles. The zero-order chi connectivity index (χ0) is 14.3. The van der Waals surface area contributed by atoms with Crippen LogP contribution in [-0.4, -0.2) is 43.6 Å². The molecule has 7 heteroatoms. The van der Waals surface area contributed by atoms with Gasteiger partial charge in [0.1, 0.15) is 30.1 Å². The van der Waals surface area contributed by atoms with E-state index in [4.69, 9.17) is 15.6 Å². The Morgan fingerprint density at radius 1 is 1.55 bits per heavy atom. The Bertz CT molecular complexity index is 654. The van der Waals surface area contributed by atoms with Gasteiger partial charge in [-0.3, -0.25) is 0 Å². The van der Waals surface area contributed by atoms with Gasteiger partial charge in [-0.2, -0.15) is 0 Å². The summed E-state index contributed by atoms with van der Waals surface area (Å²) in [7, 11) is 0. The van der Waals surface area contributed by atoms with Crippen molar-refractivity contribution in [2.24, 2.45) is 0 Å². The summed E-state index contributed by atoms with van der Waals surface area (Å²) in [6.07, 6.45) is 3.59. The fraction of sp³-hybridized carbons (Fsp3) is 0.385. The average molecular weight is 276 g/mol. The number of fused-ring (bicyclic) bond motifs is 1. The Morgan fingerprint density at radius 3 is 3.00 bits per heavy atom. The molecule has 106 valence electrons. The zero-order valence-electron chi connectivity index (χ0n) is 10.8. The molecule has 0 saturated carbocycles. The second kappa shape index (κ2) is 4.86. The first-order valence-corrected chi connectivity index (χ1v) is 6.33. The highest BCUT2D eigenvalue weighted by molar-refractivity contribution is 5.94. The number of aromatic nitrogens is 3. The molecule has 3 rings (SSSR count). The third kappa shape index (κ3) is 1.87. The van der Waals surface area contributed by atoms with Gasteiger partial charge in [0.15, 0.2) is 0 Å². The average Bonchev–Trinajstić information content (AvgIpc) is 3.00. The molecule has 0 spiro atoms. The first-order valence-electron chi connectivity index (χ1n) is 6.33. The minimum absolute atomic E-state index is 0.220. The van der Waals surface area contributed by atoms with E-state index in [0.717, 1.165) is 5.56 Å². The van der Waals surface area contributed by atoms with E-state index < -0.39 is 18.4 Å². The van der Waals surface area contributed by atoms with Crippen LogP contribution in [0, 0.1) is 0 Å². The molecule has 1 saturated heterocycles. The maximum Gasteiger partial charge on any atom is 0.148 e. The predicted molar refractivity (Wildman–Crippen MR) is 73.7 cm³/mol. The van der Waals surface area contributed by atoms with Crippen LogP contribution in [0.3, 0.4) is 0 Å². The van der Waals surface area contributed by atoms with Crippen molar-refractivity contribution in [3.63, 3.8) is 0 Å². The first-order chi connectivity index (χ1) is 9.65. The van der Waals surface area contributed by atoms with Gasteiger partial charge in [-0.1, -0.05) is 12.7 Å². The Morgan fingerprint density at radius 2 is 2.35 bits per heavy atom.